The van der Waals surface area contributed by atoms with Crippen LogP contribution >= 0.6 is 0 Å². The van der Waals surface area contributed by atoms with Crippen molar-refractivity contribution in [1.82, 2.24) is 18.6 Å². The third-order valence-electron chi connectivity index (χ3n) is 7.50. The van der Waals surface area contributed by atoms with E-state index in [9.17, 15) is 26.4 Å². The van der Waals surface area contributed by atoms with Crippen molar-refractivity contribution < 1.29 is 31.2 Å². The highest BCUT2D eigenvalue weighted by Gasteiger charge is 2.56. The number of nitrogens with zero attached hydrogens (tertiary/aromatic N) is 3. The van der Waals surface area contributed by atoms with Gasteiger partial charge >= 0.3 is 0 Å². The lowest BCUT2D eigenvalue weighted by Gasteiger charge is -2.43. The lowest BCUT2D eigenvalue weighted by atomic mass is 10.0. The van der Waals surface area contributed by atoms with Crippen molar-refractivity contribution >= 4 is 31.6 Å². The molecule has 0 radical (unpaired) electrons. The van der Waals surface area contributed by atoms with E-state index in [4.69, 9.17) is 4.74 Å². The molecule has 2 aromatic carbocycles. The molecule has 1 unspecified atom stereocenters. The summed E-state index contributed by atoms with van der Waals surface area (Å²) in [6, 6.07) is 11.0. The number of carbonyl (C=O) groups excluding carboxylic acids is 2. The Morgan fingerprint density at radius 2 is 1.43 bits per heavy atom. The van der Waals surface area contributed by atoms with Crippen molar-refractivity contribution in [3.63, 3.8) is 0 Å². The maximum Gasteiger partial charge on any atom is 0.245 e. The van der Waals surface area contributed by atoms with Gasteiger partial charge in [-0.15, -0.1) is 0 Å². The number of piperidine rings is 1. The quantitative estimate of drug-likeness (QED) is 0.396. The average Bonchev–Trinajstić information content (AvgIpc) is 3.57. The summed E-state index contributed by atoms with van der Waals surface area (Å²) in [5.41, 5.74) is 0.237. The first-order valence-electron chi connectivity index (χ1n) is 12.8. The first-order chi connectivity index (χ1) is 18.9. The summed E-state index contributed by atoms with van der Waals surface area (Å²) in [4.78, 5) is 30.5. The van der Waals surface area contributed by atoms with Gasteiger partial charge in [0, 0.05) is 49.7 Å². The number of benzene rings is 2. The van der Waals surface area contributed by atoms with Crippen LogP contribution in [0.1, 0.15) is 53.1 Å². The number of Topliss-reactive ketones (excluding diaryl/α,β-unsaturated/α-hetero) is 2. The van der Waals surface area contributed by atoms with Crippen LogP contribution in [0.2, 0.25) is 0 Å². The molecule has 1 N–H and O–H groups in total. The van der Waals surface area contributed by atoms with Crippen molar-refractivity contribution in [2.24, 2.45) is 0 Å². The maximum absolute atomic E-state index is 14.1. The third-order valence-corrected chi connectivity index (χ3v) is 11.4. The zero-order valence-corrected chi connectivity index (χ0v) is 23.7. The summed E-state index contributed by atoms with van der Waals surface area (Å²) in [5.74, 6) is -0.338. The number of hydrogen-bond acceptors (Lipinski definition) is 8. The first-order valence-corrected chi connectivity index (χ1v) is 15.7. The molecule has 1 atom stereocenters. The smallest absolute Gasteiger partial charge is 0.245 e. The topological polar surface area (TPSA) is 147 Å². The average molecular weight is 587 g/mol. The molecule has 5 rings (SSSR count). The van der Waals surface area contributed by atoms with Crippen LogP contribution in [0.3, 0.4) is 0 Å². The van der Waals surface area contributed by atoms with Gasteiger partial charge in [0.15, 0.2) is 11.6 Å². The van der Waals surface area contributed by atoms with Gasteiger partial charge in [-0.1, -0.05) is 24.3 Å². The highest BCUT2D eigenvalue weighted by atomic mass is 32.2. The Kier molecular flexibility index (Phi) is 7.52. The molecule has 3 aromatic rings. The molecule has 11 nitrogen and oxygen atoms in total. The Bertz CT molecular complexity index is 1610. The number of sulfonamides is 2. The van der Waals surface area contributed by atoms with Crippen LogP contribution in [0.4, 0.5) is 0 Å². The highest BCUT2D eigenvalue weighted by Crippen LogP contribution is 2.42. The second kappa shape index (κ2) is 10.6. The number of nitrogens with one attached hydrogen (secondary N) is 1. The van der Waals surface area contributed by atoms with Crippen LogP contribution in [0.25, 0.3) is 0 Å². The summed E-state index contributed by atoms with van der Waals surface area (Å²) in [6.45, 7) is 3.03. The van der Waals surface area contributed by atoms with Gasteiger partial charge in [0.05, 0.1) is 34.5 Å². The fraction of sp³-hybridized carbons (Fsp3) is 0.370. The van der Waals surface area contributed by atoms with E-state index in [1.54, 1.807) is 6.20 Å². The van der Waals surface area contributed by atoms with E-state index in [1.807, 2.05) is 0 Å². The number of H-pyrrole nitrogens is 1. The number of aromatic amines is 1. The summed E-state index contributed by atoms with van der Waals surface area (Å²) in [5, 5.41) is 0. The maximum atomic E-state index is 14.1. The molecule has 1 aromatic heterocycles. The molecule has 2 saturated heterocycles. The summed E-state index contributed by atoms with van der Waals surface area (Å²) >= 11 is 0. The van der Waals surface area contributed by atoms with Crippen molar-refractivity contribution in [3.8, 4) is 0 Å². The van der Waals surface area contributed by atoms with Crippen molar-refractivity contribution in [1.29, 1.82) is 0 Å². The van der Waals surface area contributed by atoms with Crippen LogP contribution in [-0.4, -0.2) is 78.4 Å². The number of imidazole rings is 1. The Morgan fingerprint density at radius 1 is 0.900 bits per heavy atom. The van der Waals surface area contributed by atoms with E-state index >= 15 is 0 Å². The molecular weight excluding hydrogens is 556 g/mol. The van der Waals surface area contributed by atoms with Gasteiger partial charge in [0.2, 0.25) is 20.0 Å². The Hall–Kier alpha value is -3.23. The van der Waals surface area contributed by atoms with Crippen LogP contribution < -0.4 is 0 Å². The van der Waals surface area contributed by atoms with Crippen molar-refractivity contribution in [2.75, 3.05) is 19.7 Å². The lowest BCUT2D eigenvalue weighted by Crippen LogP contribution is -2.57. The van der Waals surface area contributed by atoms with E-state index < -0.39 is 31.8 Å². The number of hydrogen-bond donors (Lipinski definition) is 1. The predicted molar refractivity (Wildman–Crippen MR) is 145 cm³/mol. The molecule has 2 fully saturated rings. The Balaban J connectivity index is 1.43. The van der Waals surface area contributed by atoms with Crippen LogP contribution in [0.15, 0.2) is 70.8 Å². The van der Waals surface area contributed by atoms with Gasteiger partial charge in [-0.05, 0) is 38.1 Å². The zero-order valence-electron chi connectivity index (χ0n) is 22.1. The lowest BCUT2D eigenvalue weighted by molar-refractivity contribution is -0.0816. The molecule has 3 heterocycles. The van der Waals surface area contributed by atoms with E-state index in [0.29, 0.717) is 23.2 Å². The molecule has 0 saturated carbocycles. The van der Waals surface area contributed by atoms with Gasteiger partial charge in [-0.3, -0.25) is 9.59 Å². The molecule has 2 aliphatic heterocycles. The van der Waals surface area contributed by atoms with Crippen LogP contribution in [0, 0.1) is 0 Å². The minimum absolute atomic E-state index is 0.0232. The fourth-order valence-corrected chi connectivity index (χ4v) is 8.69. The molecule has 13 heteroatoms. The second-order valence-corrected chi connectivity index (χ2v) is 13.8. The minimum atomic E-state index is -4.10. The normalized spacial score (nSPS) is 20.1. The van der Waals surface area contributed by atoms with E-state index in [-0.39, 0.29) is 53.9 Å². The van der Waals surface area contributed by atoms with Crippen LogP contribution in [-0.2, 0) is 31.2 Å². The summed E-state index contributed by atoms with van der Waals surface area (Å²) in [7, 11) is -7.97. The van der Waals surface area contributed by atoms with Gasteiger partial charge < -0.3 is 9.72 Å². The second-order valence-electron chi connectivity index (χ2n) is 10.0. The minimum Gasteiger partial charge on any atom is -0.358 e. The van der Waals surface area contributed by atoms with Gasteiger partial charge in [0.25, 0.3) is 0 Å². The Morgan fingerprint density at radius 3 is 1.90 bits per heavy atom. The molecule has 0 amide bonds. The Labute approximate surface area is 233 Å². The van der Waals surface area contributed by atoms with Crippen molar-refractivity contribution in [3.05, 3.63) is 77.9 Å². The largest absolute Gasteiger partial charge is 0.358 e. The standard InChI is InChI=1S/C27H30N4O7S2/c1-19(32)21-3-7-25(8-4-21)39(34,35)30-13-11-27(12-14-30)31(24(17-38-27)15-23-16-28-18-29-23)40(36,37)26-9-5-22(6-10-26)20(2)33/h3-10,16,18,24H,11-15,17H2,1-2H3,(H,28,29). The number of ketones is 2. The van der Waals surface area contributed by atoms with Gasteiger partial charge in [-0.2, -0.15) is 8.61 Å². The van der Waals surface area contributed by atoms with Crippen molar-refractivity contribution in [2.45, 2.75) is 54.7 Å². The van der Waals surface area contributed by atoms with E-state index in [2.05, 4.69) is 9.97 Å². The number of aromatic nitrogens is 2. The number of ether oxygens (including phenoxy) is 1. The fourth-order valence-electron chi connectivity index (χ4n) is 5.34. The van der Waals surface area contributed by atoms with Gasteiger partial charge in [-0.25, -0.2) is 21.8 Å². The molecule has 212 valence electrons. The molecule has 2 aliphatic rings. The monoisotopic (exact) mass is 586 g/mol. The number of rotatable bonds is 8. The summed E-state index contributed by atoms with van der Waals surface area (Å²) < 4.78 is 63.8. The number of carbonyl (C=O) groups is 2. The third kappa shape index (κ3) is 5.15. The molecule has 1 spiro atoms. The van der Waals surface area contributed by atoms with Crippen LogP contribution in [0.5, 0.6) is 0 Å². The molecular formula is C27H30N4O7S2. The zero-order chi connectivity index (χ0) is 28.7. The van der Waals surface area contributed by atoms with E-state index in [1.165, 1.54) is 77.3 Å². The van der Waals surface area contributed by atoms with E-state index in [0.717, 1.165) is 0 Å². The molecule has 0 aliphatic carbocycles. The predicted octanol–water partition coefficient (Wildman–Crippen LogP) is 2.63. The highest BCUT2D eigenvalue weighted by molar-refractivity contribution is 7.89. The van der Waals surface area contributed by atoms with Gasteiger partial charge in [0.1, 0.15) is 5.72 Å². The molecule has 40 heavy (non-hydrogen) atoms. The SMILES string of the molecule is CC(=O)c1ccc(S(=O)(=O)N2CCC3(CC2)OCC(Cc2c[nH]cn2)N3S(=O)(=O)c2ccc(C(C)=O)cc2)cc1. The summed E-state index contributed by atoms with van der Waals surface area (Å²) in [6.07, 6.45) is 3.77. The molecule has 0 bridgehead atoms. The first kappa shape index (κ1) is 28.3.